The summed E-state index contributed by atoms with van der Waals surface area (Å²) in [6, 6.07) is 5.06. The Balaban J connectivity index is 1.93. The molecule has 4 heteroatoms. The van der Waals surface area contributed by atoms with Crippen molar-refractivity contribution in [1.29, 1.82) is 0 Å². The van der Waals surface area contributed by atoms with Crippen LogP contribution in [0.25, 0.3) is 0 Å². The van der Waals surface area contributed by atoms with E-state index in [-0.39, 0.29) is 5.82 Å². The molecule has 2 rings (SSSR count). The molecule has 1 aromatic rings. The van der Waals surface area contributed by atoms with Crippen LogP contribution in [0.2, 0.25) is 5.02 Å². The molecule has 1 aliphatic heterocycles. The highest BCUT2D eigenvalue weighted by Gasteiger charge is 2.14. The molecule has 0 bridgehead atoms. The molecule has 1 N–H and O–H groups in total. The van der Waals surface area contributed by atoms with E-state index in [2.05, 4.69) is 5.32 Å². The topological polar surface area (TPSA) is 21.3 Å². The van der Waals surface area contributed by atoms with Gasteiger partial charge in [-0.3, -0.25) is 0 Å². The summed E-state index contributed by atoms with van der Waals surface area (Å²) in [5.74, 6) is -0.253. The fraction of sp³-hybridized carbons (Fsp3) is 0.500. The average molecular weight is 244 g/mol. The zero-order valence-corrected chi connectivity index (χ0v) is 9.77. The van der Waals surface area contributed by atoms with Crippen LogP contribution in [0.3, 0.4) is 0 Å². The summed E-state index contributed by atoms with van der Waals surface area (Å²) in [6.45, 7) is 1.99. The number of hydrogen-bond acceptors (Lipinski definition) is 2. The fourth-order valence-electron chi connectivity index (χ4n) is 1.85. The Bertz CT molecular complexity index is 333. The van der Waals surface area contributed by atoms with E-state index in [0.717, 1.165) is 19.4 Å². The second-order valence-corrected chi connectivity index (χ2v) is 4.40. The Morgan fingerprint density at radius 1 is 1.50 bits per heavy atom. The maximum Gasteiger partial charge on any atom is 0.129 e. The van der Waals surface area contributed by atoms with Crippen molar-refractivity contribution in [3.63, 3.8) is 0 Å². The summed E-state index contributed by atoms with van der Waals surface area (Å²) in [6.07, 6.45) is 2.13. The number of nitrogens with one attached hydrogen (secondary N) is 1. The molecule has 1 saturated heterocycles. The van der Waals surface area contributed by atoms with Gasteiger partial charge in [0.1, 0.15) is 5.82 Å². The second-order valence-electron chi connectivity index (χ2n) is 4.00. The standard InChI is InChI=1S/C12H15ClFNO/c13-11-4-1-5-12(14)10(11)7-15-9-3-2-6-16-8-9/h1,4-5,9,15H,2-3,6-8H2. The third-order valence-corrected chi connectivity index (χ3v) is 3.14. The molecule has 16 heavy (non-hydrogen) atoms. The minimum absolute atomic E-state index is 0.253. The lowest BCUT2D eigenvalue weighted by Crippen LogP contribution is -2.36. The maximum atomic E-state index is 13.4. The zero-order valence-electron chi connectivity index (χ0n) is 9.01. The van der Waals surface area contributed by atoms with E-state index < -0.39 is 0 Å². The van der Waals surface area contributed by atoms with Gasteiger partial charge in [-0.1, -0.05) is 17.7 Å². The molecule has 88 valence electrons. The van der Waals surface area contributed by atoms with Crippen LogP contribution in [-0.2, 0) is 11.3 Å². The minimum Gasteiger partial charge on any atom is -0.380 e. The molecule has 0 amide bonds. The summed E-state index contributed by atoms with van der Waals surface area (Å²) in [7, 11) is 0. The number of halogens is 2. The molecule has 0 spiro atoms. The Kier molecular flexibility index (Phi) is 4.16. The largest absolute Gasteiger partial charge is 0.380 e. The molecule has 0 aliphatic carbocycles. The number of benzene rings is 1. The normalized spacial score (nSPS) is 21.0. The summed E-state index contributed by atoms with van der Waals surface area (Å²) >= 11 is 5.94. The number of ether oxygens (including phenoxy) is 1. The lowest BCUT2D eigenvalue weighted by Gasteiger charge is -2.23. The third kappa shape index (κ3) is 2.94. The second kappa shape index (κ2) is 5.62. The maximum absolute atomic E-state index is 13.4. The summed E-state index contributed by atoms with van der Waals surface area (Å²) in [4.78, 5) is 0. The first-order chi connectivity index (χ1) is 7.77. The predicted molar refractivity (Wildman–Crippen MR) is 62.1 cm³/mol. The molecular formula is C12H15ClFNO. The van der Waals surface area contributed by atoms with Gasteiger partial charge in [-0.15, -0.1) is 0 Å². The van der Waals surface area contributed by atoms with Gasteiger partial charge in [0.25, 0.3) is 0 Å². The minimum atomic E-state index is -0.253. The number of rotatable bonds is 3. The Morgan fingerprint density at radius 2 is 2.38 bits per heavy atom. The van der Waals surface area contributed by atoms with E-state index in [9.17, 15) is 4.39 Å². The molecule has 1 heterocycles. The third-order valence-electron chi connectivity index (χ3n) is 2.79. The van der Waals surface area contributed by atoms with Gasteiger partial charge in [-0.05, 0) is 25.0 Å². The van der Waals surface area contributed by atoms with E-state index >= 15 is 0 Å². The Morgan fingerprint density at radius 3 is 3.06 bits per heavy atom. The van der Waals surface area contributed by atoms with Gasteiger partial charge in [0.15, 0.2) is 0 Å². The highest BCUT2D eigenvalue weighted by atomic mass is 35.5. The quantitative estimate of drug-likeness (QED) is 0.882. The van der Waals surface area contributed by atoms with Crippen LogP contribution in [0.5, 0.6) is 0 Å². The van der Waals surface area contributed by atoms with Crippen molar-refractivity contribution >= 4 is 11.6 Å². The van der Waals surface area contributed by atoms with Crippen LogP contribution in [0.4, 0.5) is 4.39 Å². The lowest BCUT2D eigenvalue weighted by molar-refractivity contribution is 0.0698. The van der Waals surface area contributed by atoms with Gasteiger partial charge < -0.3 is 10.1 Å². The van der Waals surface area contributed by atoms with Crippen LogP contribution in [-0.4, -0.2) is 19.3 Å². The first-order valence-electron chi connectivity index (χ1n) is 5.51. The molecule has 1 atom stereocenters. The highest BCUT2D eigenvalue weighted by Crippen LogP contribution is 2.19. The monoisotopic (exact) mass is 243 g/mol. The summed E-state index contributed by atoms with van der Waals surface area (Å²) in [5, 5.41) is 3.75. The van der Waals surface area contributed by atoms with Gasteiger partial charge >= 0.3 is 0 Å². The fourth-order valence-corrected chi connectivity index (χ4v) is 2.08. The van der Waals surface area contributed by atoms with E-state index in [0.29, 0.717) is 29.8 Å². The van der Waals surface area contributed by atoms with Crippen molar-refractivity contribution in [2.24, 2.45) is 0 Å². The molecule has 1 aromatic carbocycles. The van der Waals surface area contributed by atoms with E-state index in [1.54, 1.807) is 12.1 Å². The first kappa shape index (κ1) is 11.8. The first-order valence-corrected chi connectivity index (χ1v) is 5.89. The summed E-state index contributed by atoms with van der Waals surface area (Å²) < 4.78 is 18.8. The molecule has 2 nitrogen and oxygen atoms in total. The van der Waals surface area contributed by atoms with E-state index in [4.69, 9.17) is 16.3 Å². The van der Waals surface area contributed by atoms with E-state index in [1.807, 2.05) is 0 Å². The van der Waals surface area contributed by atoms with Crippen molar-refractivity contribution in [3.05, 3.63) is 34.6 Å². The van der Waals surface area contributed by atoms with Crippen molar-refractivity contribution in [3.8, 4) is 0 Å². The average Bonchev–Trinajstić information content (AvgIpc) is 2.30. The predicted octanol–water partition coefficient (Wildman–Crippen LogP) is 2.75. The van der Waals surface area contributed by atoms with Crippen LogP contribution < -0.4 is 5.32 Å². The molecular weight excluding hydrogens is 229 g/mol. The van der Waals surface area contributed by atoms with Gasteiger partial charge in [0.2, 0.25) is 0 Å². The van der Waals surface area contributed by atoms with Crippen molar-refractivity contribution in [2.45, 2.75) is 25.4 Å². The molecule has 1 unspecified atom stereocenters. The van der Waals surface area contributed by atoms with Crippen molar-refractivity contribution in [2.75, 3.05) is 13.2 Å². The molecule has 0 saturated carbocycles. The summed E-state index contributed by atoms with van der Waals surface area (Å²) in [5.41, 5.74) is 0.537. The smallest absolute Gasteiger partial charge is 0.129 e. The number of hydrogen-bond donors (Lipinski definition) is 1. The zero-order chi connectivity index (χ0) is 11.4. The highest BCUT2D eigenvalue weighted by molar-refractivity contribution is 6.31. The SMILES string of the molecule is Fc1cccc(Cl)c1CNC1CCCOC1. The molecule has 1 aliphatic rings. The van der Waals surface area contributed by atoms with Gasteiger partial charge in [-0.25, -0.2) is 4.39 Å². The van der Waals surface area contributed by atoms with Crippen LogP contribution >= 0.6 is 11.6 Å². The van der Waals surface area contributed by atoms with E-state index in [1.165, 1.54) is 6.07 Å². The van der Waals surface area contributed by atoms with Gasteiger partial charge in [-0.2, -0.15) is 0 Å². The molecule has 0 radical (unpaired) electrons. The molecule has 1 fully saturated rings. The lowest BCUT2D eigenvalue weighted by atomic mass is 10.1. The Labute approximate surface area is 99.7 Å². The van der Waals surface area contributed by atoms with Crippen LogP contribution in [0.15, 0.2) is 18.2 Å². The van der Waals surface area contributed by atoms with Crippen LogP contribution in [0.1, 0.15) is 18.4 Å². The van der Waals surface area contributed by atoms with Gasteiger partial charge in [0.05, 0.1) is 6.61 Å². The van der Waals surface area contributed by atoms with Crippen molar-refractivity contribution < 1.29 is 9.13 Å². The van der Waals surface area contributed by atoms with Crippen molar-refractivity contribution in [1.82, 2.24) is 5.32 Å². The van der Waals surface area contributed by atoms with Crippen LogP contribution in [0, 0.1) is 5.82 Å². The Hall–Kier alpha value is -0.640. The molecule has 0 aromatic heterocycles. The van der Waals surface area contributed by atoms with Gasteiger partial charge in [0, 0.05) is 29.8 Å².